The monoisotopic (exact) mass is 254 g/mol. The Kier molecular flexibility index (Phi) is 3.36. The van der Waals surface area contributed by atoms with Crippen LogP contribution in [0, 0.1) is 10.1 Å². The maximum atomic E-state index is 11.9. The second-order valence-corrected chi connectivity index (χ2v) is 2.79. The van der Waals surface area contributed by atoms with E-state index in [0.29, 0.717) is 6.07 Å². The van der Waals surface area contributed by atoms with Crippen molar-refractivity contribution in [2.24, 2.45) is 0 Å². The number of nitrogens with zero attached hydrogens (tertiary/aromatic N) is 1. The Morgan fingerprint density at radius 1 is 1.53 bits per heavy atom. The van der Waals surface area contributed by atoms with E-state index in [2.05, 4.69) is 4.74 Å². The highest BCUT2D eigenvalue weighted by molar-refractivity contribution is 5.39. The van der Waals surface area contributed by atoms with Crippen molar-refractivity contribution in [3.63, 3.8) is 0 Å². The molecule has 0 saturated carbocycles. The molecule has 7 nitrogen and oxygen atoms in total. The van der Waals surface area contributed by atoms with Crippen LogP contribution in [0.5, 0.6) is 5.75 Å². The van der Waals surface area contributed by atoms with Gasteiger partial charge in [0.1, 0.15) is 0 Å². The van der Waals surface area contributed by atoms with Gasteiger partial charge in [-0.2, -0.15) is 0 Å². The van der Waals surface area contributed by atoms with Crippen LogP contribution in [0.15, 0.2) is 10.9 Å². The summed E-state index contributed by atoms with van der Waals surface area (Å²) in [5.74, 6) is -1.02. The average Bonchev–Trinajstić information content (AvgIpc) is 2.17. The summed E-state index contributed by atoms with van der Waals surface area (Å²) in [5, 5.41) is 19.0. The van der Waals surface area contributed by atoms with Crippen molar-refractivity contribution in [1.29, 1.82) is 0 Å². The fourth-order valence-corrected chi connectivity index (χ4v) is 1.01. The molecule has 17 heavy (non-hydrogen) atoms. The molecule has 0 aliphatic heterocycles. The molecule has 0 radical (unpaired) electrons. The summed E-state index contributed by atoms with van der Waals surface area (Å²) in [6.07, 6.45) is -5.09. The van der Waals surface area contributed by atoms with Crippen molar-refractivity contribution in [2.75, 3.05) is 0 Å². The lowest BCUT2D eigenvalue weighted by Crippen LogP contribution is -2.21. The Labute approximate surface area is 90.6 Å². The Balaban J connectivity index is 3.32. The summed E-state index contributed by atoms with van der Waals surface area (Å²) in [7, 11) is 0. The molecule has 2 N–H and O–H groups in total. The van der Waals surface area contributed by atoms with Gasteiger partial charge in [-0.25, -0.2) is 0 Å². The van der Waals surface area contributed by atoms with Crippen LogP contribution in [0.25, 0.3) is 0 Å². The highest BCUT2D eigenvalue weighted by Crippen LogP contribution is 2.26. The average molecular weight is 254 g/mol. The molecule has 0 bridgehead atoms. The summed E-state index contributed by atoms with van der Waals surface area (Å²) in [4.78, 5) is 21.9. The number of nitro groups is 1. The molecule has 94 valence electrons. The van der Waals surface area contributed by atoms with Crippen molar-refractivity contribution in [3.8, 4) is 5.75 Å². The second kappa shape index (κ2) is 4.41. The third kappa shape index (κ3) is 3.17. The number of rotatable bonds is 3. The predicted octanol–water partition coefficient (Wildman–Crippen LogP) is 0.674. The number of aromatic nitrogens is 1. The van der Waals surface area contributed by atoms with Crippen molar-refractivity contribution >= 4 is 5.69 Å². The van der Waals surface area contributed by atoms with E-state index in [9.17, 15) is 28.1 Å². The van der Waals surface area contributed by atoms with Gasteiger partial charge in [-0.3, -0.25) is 14.9 Å². The van der Waals surface area contributed by atoms with Gasteiger partial charge in [0, 0.05) is 0 Å². The Morgan fingerprint density at radius 3 is 2.53 bits per heavy atom. The largest absolute Gasteiger partial charge is 0.573 e. The van der Waals surface area contributed by atoms with E-state index in [4.69, 9.17) is 5.11 Å². The van der Waals surface area contributed by atoms with E-state index in [0.717, 1.165) is 0 Å². The summed E-state index contributed by atoms with van der Waals surface area (Å²) in [6, 6.07) is 0.303. The number of hydrogen-bond acceptors (Lipinski definition) is 5. The number of hydrogen-bond donors (Lipinski definition) is 2. The highest BCUT2D eigenvalue weighted by Gasteiger charge is 2.33. The molecule has 0 atom stereocenters. The van der Waals surface area contributed by atoms with E-state index in [-0.39, 0.29) is 0 Å². The van der Waals surface area contributed by atoms with E-state index < -0.39 is 40.6 Å². The van der Waals surface area contributed by atoms with Gasteiger partial charge in [-0.15, -0.1) is 13.2 Å². The minimum absolute atomic E-state index is 0.303. The summed E-state index contributed by atoms with van der Waals surface area (Å²) < 4.78 is 39.2. The number of ether oxygens (including phenoxy) is 1. The first kappa shape index (κ1) is 13.0. The second-order valence-electron chi connectivity index (χ2n) is 2.79. The smallest absolute Gasteiger partial charge is 0.404 e. The molecule has 0 saturated heterocycles. The van der Waals surface area contributed by atoms with Crippen molar-refractivity contribution in [1.82, 2.24) is 4.98 Å². The summed E-state index contributed by atoms with van der Waals surface area (Å²) in [5.41, 5.74) is -2.94. The molecule has 0 aromatic carbocycles. The first-order valence-corrected chi connectivity index (χ1v) is 4.02. The number of nitrogens with one attached hydrogen (secondary N) is 1. The lowest BCUT2D eigenvalue weighted by atomic mass is 10.3. The van der Waals surface area contributed by atoms with Gasteiger partial charge in [-0.05, 0) is 0 Å². The molecular weight excluding hydrogens is 249 g/mol. The molecular formula is C7H5F3N2O5. The summed E-state index contributed by atoms with van der Waals surface area (Å²) in [6.45, 7) is -0.960. The van der Waals surface area contributed by atoms with Crippen LogP contribution in [0.4, 0.5) is 18.9 Å². The van der Waals surface area contributed by atoms with Crippen LogP contribution < -0.4 is 10.3 Å². The zero-order valence-corrected chi connectivity index (χ0v) is 7.95. The van der Waals surface area contributed by atoms with Gasteiger partial charge in [-0.1, -0.05) is 0 Å². The maximum absolute atomic E-state index is 11.9. The fraction of sp³-hybridized carbons (Fsp3) is 0.286. The van der Waals surface area contributed by atoms with E-state index >= 15 is 0 Å². The third-order valence-electron chi connectivity index (χ3n) is 1.64. The number of pyridine rings is 1. The zero-order valence-electron chi connectivity index (χ0n) is 7.95. The number of alkyl halides is 3. The van der Waals surface area contributed by atoms with Gasteiger partial charge >= 0.3 is 17.6 Å². The standard InChI is InChI=1S/C7H5F3N2O5/c8-7(9,10)17-5-1-4(12(15)16)6(14)11-3(5)2-13/h1,13H,2H2,(H,11,14). The number of H-pyrrole nitrogens is 1. The molecule has 1 aromatic rings. The molecule has 0 amide bonds. The van der Waals surface area contributed by atoms with Crippen molar-refractivity contribution in [3.05, 3.63) is 32.2 Å². The molecule has 0 aliphatic rings. The molecule has 0 spiro atoms. The zero-order chi connectivity index (χ0) is 13.2. The van der Waals surface area contributed by atoms with Crippen LogP contribution >= 0.6 is 0 Å². The van der Waals surface area contributed by atoms with Gasteiger partial charge in [0.2, 0.25) is 0 Å². The Bertz CT molecular complexity index is 495. The Hall–Kier alpha value is -2.10. The molecule has 0 aliphatic carbocycles. The fourth-order valence-electron chi connectivity index (χ4n) is 1.01. The number of aliphatic hydroxyl groups excluding tert-OH is 1. The molecule has 0 fully saturated rings. The molecule has 10 heteroatoms. The first-order chi connectivity index (χ1) is 7.74. The van der Waals surface area contributed by atoms with Gasteiger partial charge in [0.05, 0.1) is 23.3 Å². The molecule has 0 unspecified atom stereocenters. The topological polar surface area (TPSA) is 105 Å². The van der Waals surface area contributed by atoms with Gasteiger partial charge in [0.25, 0.3) is 0 Å². The maximum Gasteiger partial charge on any atom is 0.573 e. The highest BCUT2D eigenvalue weighted by atomic mass is 19.4. The minimum atomic E-state index is -5.09. The van der Waals surface area contributed by atoms with Gasteiger partial charge in [0.15, 0.2) is 5.75 Å². The number of aromatic amines is 1. The normalized spacial score (nSPS) is 11.3. The summed E-state index contributed by atoms with van der Waals surface area (Å²) >= 11 is 0. The molecule has 1 aromatic heterocycles. The first-order valence-electron chi connectivity index (χ1n) is 4.02. The van der Waals surface area contributed by atoms with Crippen LogP contribution in [-0.2, 0) is 6.61 Å². The van der Waals surface area contributed by atoms with E-state index in [1.54, 1.807) is 4.98 Å². The van der Waals surface area contributed by atoms with Crippen molar-refractivity contribution < 1.29 is 27.9 Å². The van der Waals surface area contributed by atoms with Crippen molar-refractivity contribution in [2.45, 2.75) is 13.0 Å². The quantitative estimate of drug-likeness (QED) is 0.609. The number of halogens is 3. The van der Waals surface area contributed by atoms with Crippen LogP contribution in [0.3, 0.4) is 0 Å². The predicted molar refractivity (Wildman–Crippen MR) is 46.3 cm³/mol. The lowest BCUT2D eigenvalue weighted by Gasteiger charge is -2.11. The van der Waals surface area contributed by atoms with Crippen LogP contribution in [0.2, 0.25) is 0 Å². The number of aliphatic hydroxyl groups is 1. The lowest BCUT2D eigenvalue weighted by molar-refractivity contribution is -0.386. The van der Waals surface area contributed by atoms with Crippen LogP contribution in [0.1, 0.15) is 5.69 Å². The molecule has 1 heterocycles. The van der Waals surface area contributed by atoms with E-state index in [1.807, 2.05) is 0 Å². The van der Waals surface area contributed by atoms with Gasteiger partial charge < -0.3 is 14.8 Å². The Morgan fingerprint density at radius 2 is 2.12 bits per heavy atom. The van der Waals surface area contributed by atoms with E-state index in [1.165, 1.54) is 0 Å². The minimum Gasteiger partial charge on any atom is -0.404 e. The van der Waals surface area contributed by atoms with Crippen LogP contribution in [-0.4, -0.2) is 21.4 Å². The third-order valence-corrected chi connectivity index (χ3v) is 1.64. The molecule has 1 rings (SSSR count). The SMILES string of the molecule is O=c1[nH]c(CO)c(OC(F)(F)F)cc1[N+](=O)[O-].